The van der Waals surface area contributed by atoms with Gasteiger partial charge in [-0.15, -0.1) is 0 Å². The van der Waals surface area contributed by atoms with Crippen LogP contribution >= 0.6 is 7.82 Å². The fraction of sp³-hybridized carbons (Fsp3) is 0.611. The molecule has 2 aliphatic rings. The zero-order valence-corrected chi connectivity index (χ0v) is 21.9. The van der Waals surface area contributed by atoms with E-state index >= 15 is 0 Å². The minimum absolute atomic E-state index is 0. The van der Waals surface area contributed by atoms with Gasteiger partial charge in [-0.05, 0) is 12.8 Å². The van der Waals surface area contributed by atoms with Gasteiger partial charge in [-0.1, -0.05) is 13.8 Å². The van der Waals surface area contributed by atoms with Gasteiger partial charge in [0.25, 0.3) is 7.82 Å². The van der Waals surface area contributed by atoms with Gasteiger partial charge < -0.3 is 34.2 Å². The molecule has 0 bridgehead atoms. The Balaban J connectivity index is 0.00000204. The maximum atomic E-state index is 12.2. The molecule has 2 aromatic heterocycles. The molecule has 3 N–H and O–H groups in total. The molecule has 5 atom stereocenters. The van der Waals surface area contributed by atoms with E-state index in [0.717, 1.165) is 0 Å². The largest absolute Gasteiger partial charge is 1.00 e. The van der Waals surface area contributed by atoms with Crippen LogP contribution in [0.3, 0.4) is 0 Å². The number of ether oxygens (including phenoxy) is 2. The zero-order valence-electron chi connectivity index (χ0n) is 19.0. The van der Waals surface area contributed by atoms with Gasteiger partial charge in [0.2, 0.25) is 5.91 Å². The number of nitrogens with zero attached hydrogens (tertiary/aromatic N) is 4. The molecular formula is C18H25N5NaO9P. The first-order valence-corrected chi connectivity index (χ1v) is 11.7. The normalized spacial score (nSPS) is 27.9. The third-order valence-corrected chi connectivity index (χ3v) is 5.99. The quantitative estimate of drug-likeness (QED) is 0.230. The molecule has 2 fully saturated rings. The number of hydrogen-bond acceptors (Lipinski definition) is 11. The topological polar surface area (TPSA) is 198 Å². The van der Waals surface area contributed by atoms with E-state index in [-0.39, 0.29) is 59.8 Å². The molecule has 0 aromatic carbocycles. The fourth-order valence-electron chi connectivity index (χ4n) is 3.63. The molecule has 34 heavy (non-hydrogen) atoms. The van der Waals surface area contributed by atoms with E-state index in [0.29, 0.717) is 30.4 Å². The van der Waals surface area contributed by atoms with Crippen molar-refractivity contribution >= 4 is 36.7 Å². The summed E-state index contributed by atoms with van der Waals surface area (Å²) in [6.45, 7) is 3.43. The zero-order chi connectivity index (χ0) is 22.9. The second kappa shape index (κ2) is 12.0. The Hall–Kier alpha value is -1.48. The van der Waals surface area contributed by atoms with E-state index in [9.17, 15) is 19.0 Å². The summed E-state index contributed by atoms with van der Waals surface area (Å²) in [6.07, 6.45) is 0.404. The molecule has 0 radical (unpaired) electrons. The van der Waals surface area contributed by atoms with Gasteiger partial charge in [0.15, 0.2) is 29.3 Å². The summed E-state index contributed by atoms with van der Waals surface area (Å²) in [7, 11) is -4.55. The van der Waals surface area contributed by atoms with Crippen molar-refractivity contribution in [1.29, 1.82) is 0 Å². The van der Waals surface area contributed by atoms with Gasteiger partial charge in [0, 0.05) is 12.8 Å². The number of hydrogen-bond donors (Lipinski definition) is 1. The molecule has 0 saturated carbocycles. The van der Waals surface area contributed by atoms with Gasteiger partial charge in [0.05, 0.1) is 12.9 Å². The van der Waals surface area contributed by atoms with Gasteiger partial charge >= 0.3 is 35.5 Å². The Bertz CT molecular complexity index is 1070. The van der Waals surface area contributed by atoms with Crippen LogP contribution in [0, 0.1) is 0 Å². The van der Waals surface area contributed by atoms with Crippen LogP contribution < -0.4 is 39.8 Å². The number of nitrogens with one attached hydrogen (secondary N) is 1. The SMILES string of the molecule is CCCC(=O)Nc1ncnc2c1ncn2[C@@H]1O[C@H]2COP(=O)([O-])O[C@@H]2C1OC(=O)CCC.O.[Na+]. The Kier molecular flexibility index (Phi) is 10.1. The van der Waals surface area contributed by atoms with Crippen molar-refractivity contribution in [2.75, 3.05) is 11.9 Å². The molecule has 1 amide bonds. The summed E-state index contributed by atoms with van der Waals surface area (Å²) in [5, 5.41) is 2.70. The smallest absolute Gasteiger partial charge is 0.756 e. The molecule has 16 heteroatoms. The number of anilines is 1. The average molecular weight is 509 g/mol. The first-order chi connectivity index (χ1) is 15.3. The number of amides is 1. The number of rotatable bonds is 7. The van der Waals surface area contributed by atoms with Crippen LogP contribution in [0.4, 0.5) is 5.82 Å². The summed E-state index contributed by atoms with van der Waals surface area (Å²) in [5.41, 5.74) is 0.610. The monoisotopic (exact) mass is 509 g/mol. The number of aromatic nitrogens is 4. The number of carbonyl (C=O) groups excluding carboxylic acids is 2. The van der Waals surface area contributed by atoms with Crippen molar-refractivity contribution in [3.63, 3.8) is 0 Å². The molecule has 2 aromatic rings. The molecule has 2 unspecified atom stereocenters. The van der Waals surface area contributed by atoms with E-state index in [1.54, 1.807) is 0 Å². The third kappa shape index (κ3) is 6.01. The molecule has 0 spiro atoms. The number of carbonyl (C=O) groups is 2. The first kappa shape index (κ1) is 28.8. The van der Waals surface area contributed by atoms with Crippen LogP contribution in [0.2, 0.25) is 0 Å². The summed E-state index contributed by atoms with van der Waals surface area (Å²) in [6, 6.07) is 0. The van der Waals surface area contributed by atoms with Crippen LogP contribution in [0.25, 0.3) is 11.2 Å². The van der Waals surface area contributed by atoms with Crippen molar-refractivity contribution in [2.45, 2.75) is 64.1 Å². The predicted molar refractivity (Wildman–Crippen MR) is 110 cm³/mol. The molecule has 14 nitrogen and oxygen atoms in total. The minimum Gasteiger partial charge on any atom is -0.756 e. The number of phosphoric ester groups is 1. The number of fused-ring (bicyclic) bond motifs is 2. The van der Waals surface area contributed by atoms with Crippen LogP contribution in [0.1, 0.15) is 45.8 Å². The maximum absolute atomic E-state index is 12.2. The minimum atomic E-state index is -4.55. The molecule has 4 heterocycles. The maximum Gasteiger partial charge on any atom is 1.00 e. The summed E-state index contributed by atoms with van der Waals surface area (Å²) >= 11 is 0. The number of imidazole rings is 1. The van der Waals surface area contributed by atoms with Crippen LogP contribution in [0.5, 0.6) is 0 Å². The second-order valence-electron chi connectivity index (χ2n) is 7.43. The van der Waals surface area contributed by atoms with Crippen LogP contribution in [-0.2, 0) is 32.7 Å². The average Bonchev–Trinajstić information content (AvgIpc) is 3.30. The van der Waals surface area contributed by atoms with Gasteiger partial charge in [-0.2, -0.15) is 0 Å². The summed E-state index contributed by atoms with van der Waals surface area (Å²) in [4.78, 5) is 48.7. The molecule has 0 aliphatic carbocycles. The van der Waals surface area contributed by atoms with Crippen LogP contribution in [-0.4, -0.2) is 61.8 Å². The van der Waals surface area contributed by atoms with E-state index < -0.39 is 38.3 Å². The summed E-state index contributed by atoms with van der Waals surface area (Å²) < 4.78 is 34.7. The summed E-state index contributed by atoms with van der Waals surface area (Å²) in [5.74, 6) is -0.506. The van der Waals surface area contributed by atoms with Crippen molar-refractivity contribution in [3.8, 4) is 0 Å². The van der Waals surface area contributed by atoms with Gasteiger partial charge in [0.1, 0.15) is 18.5 Å². The number of esters is 1. The van der Waals surface area contributed by atoms with Gasteiger partial charge in [-0.3, -0.25) is 18.7 Å². The Morgan fingerprint density at radius 1 is 1.26 bits per heavy atom. The van der Waals surface area contributed by atoms with Crippen molar-refractivity contribution in [3.05, 3.63) is 12.7 Å². The molecule has 2 saturated heterocycles. The molecule has 4 rings (SSSR count). The molecule has 182 valence electrons. The van der Waals surface area contributed by atoms with E-state index in [4.69, 9.17) is 18.5 Å². The Morgan fingerprint density at radius 2 is 2.00 bits per heavy atom. The fourth-order valence-corrected chi connectivity index (χ4v) is 4.57. The van der Waals surface area contributed by atoms with E-state index in [2.05, 4.69) is 20.3 Å². The molecule has 2 aliphatic heterocycles. The predicted octanol–water partition coefficient (Wildman–Crippen LogP) is -2.76. The van der Waals surface area contributed by atoms with E-state index in [1.165, 1.54) is 17.2 Å². The van der Waals surface area contributed by atoms with Crippen molar-refractivity contribution < 1.29 is 72.6 Å². The van der Waals surface area contributed by atoms with Crippen molar-refractivity contribution in [1.82, 2.24) is 19.5 Å². The Morgan fingerprint density at radius 3 is 2.71 bits per heavy atom. The standard InChI is InChI=1S/C18H24N5O8P.Na.H2O/c1-3-5-11(24)22-16-13-17(20-8-19-16)23(9-21-13)18-15(30-12(25)6-4-2)14-10(29-18)7-28-32(26,27)31-14;;/h8-10,14-15,18H,3-7H2,1-2H3,(H,26,27)(H,19,20,22,24);;1H2/q;+1;/p-1/t10-,14-,15?,18+;;/m0../s1. The second-order valence-corrected chi connectivity index (χ2v) is 8.79. The third-order valence-electron chi connectivity index (χ3n) is 5.02. The molecular weight excluding hydrogens is 484 g/mol. The van der Waals surface area contributed by atoms with Gasteiger partial charge in [-0.25, -0.2) is 15.0 Å². The Labute approximate surface area is 216 Å². The van der Waals surface area contributed by atoms with Crippen molar-refractivity contribution in [2.24, 2.45) is 0 Å². The van der Waals surface area contributed by atoms with E-state index in [1.807, 2.05) is 13.8 Å². The van der Waals surface area contributed by atoms with Crippen LogP contribution in [0.15, 0.2) is 12.7 Å². The first-order valence-electron chi connectivity index (χ1n) is 10.3. The number of phosphoric acid groups is 1.